The van der Waals surface area contributed by atoms with E-state index in [0.717, 1.165) is 5.56 Å². The molecule has 0 aliphatic rings. The first-order valence-electron chi connectivity index (χ1n) is 6.94. The topological polar surface area (TPSA) is 58.2 Å². The molecule has 0 aliphatic heterocycles. The Morgan fingerprint density at radius 2 is 1.26 bits per heavy atom. The second kappa shape index (κ2) is 6.76. The first kappa shape index (κ1) is 15.5. The van der Waals surface area contributed by atoms with Gasteiger partial charge in [-0.25, -0.2) is 0 Å². The number of thiophene rings is 2. The molecule has 0 atom stereocenters. The summed E-state index contributed by atoms with van der Waals surface area (Å²) in [4.78, 5) is 25.6. The Hall–Kier alpha value is -2.44. The number of hydrogen-bond acceptors (Lipinski definition) is 4. The molecule has 0 fully saturated rings. The second-order valence-corrected chi connectivity index (χ2v) is 6.74. The minimum atomic E-state index is -0.148. The summed E-state index contributed by atoms with van der Waals surface area (Å²) in [6, 6.07) is 12.7. The third kappa shape index (κ3) is 3.49. The van der Waals surface area contributed by atoms with Crippen molar-refractivity contribution in [2.75, 3.05) is 10.6 Å². The Morgan fingerprint density at radius 1 is 0.783 bits per heavy atom. The van der Waals surface area contributed by atoms with Gasteiger partial charge in [-0.2, -0.15) is 0 Å². The summed E-state index contributed by atoms with van der Waals surface area (Å²) in [5.74, 6) is -0.297. The molecule has 116 valence electrons. The number of carbonyl (C=O) groups excluding carboxylic acids is 2. The Labute approximate surface area is 141 Å². The number of benzene rings is 1. The number of rotatable bonds is 4. The van der Waals surface area contributed by atoms with E-state index < -0.39 is 0 Å². The van der Waals surface area contributed by atoms with Crippen molar-refractivity contribution < 1.29 is 9.59 Å². The molecule has 2 N–H and O–H groups in total. The van der Waals surface area contributed by atoms with E-state index in [2.05, 4.69) is 10.6 Å². The van der Waals surface area contributed by atoms with Crippen LogP contribution in [0.2, 0.25) is 0 Å². The van der Waals surface area contributed by atoms with Gasteiger partial charge in [0.05, 0.1) is 9.75 Å². The van der Waals surface area contributed by atoms with Crippen molar-refractivity contribution in [3.8, 4) is 0 Å². The van der Waals surface area contributed by atoms with Crippen LogP contribution in [0.25, 0.3) is 0 Å². The third-order valence-electron chi connectivity index (χ3n) is 3.32. The SMILES string of the molecule is Cc1c(NC(=O)c2cccs2)cccc1NC(=O)c1cccs1. The van der Waals surface area contributed by atoms with Gasteiger partial charge < -0.3 is 10.6 Å². The average Bonchev–Trinajstić information content (AvgIpc) is 3.24. The Balaban J connectivity index is 1.78. The largest absolute Gasteiger partial charge is 0.321 e. The lowest BCUT2D eigenvalue weighted by Crippen LogP contribution is -2.14. The van der Waals surface area contributed by atoms with E-state index in [4.69, 9.17) is 0 Å². The summed E-state index contributed by atoms with van der Waals surface area (Å²) >= 11 is 2.78. The molecule has 2 amide bonds. The lowest BCUT2D eigenvalue weighted by molar-refractivity contribution is 0.102. The molecule has 2 aromatic heterocycles. The number of carbonyl (C=O) groups is 2. The van der Waals surface area contributed by atoms with Gasteiger partial charge in [0, 0.05) is 11.4 Å². The fraction of sp³-hybridized carbons (Fsp3) is 0.0588. The highest BCUT2D eigenvalue weighted by Gasteiger charge is 2.13. The fourth-order valence-electron chi connectivity index (χ4n) is 2.09. The number of anilines is 2. The van der Waals surface area contributed by atoms with Gasteiger partial charge in [0.2, 0.25) is 0 Å². The van der Waals surface area contributed by atoms with E-state index in [1.807, 2.05) is 41.9 Å². The predicted octanol–water partition coefficient (Wildman–Crippen LogP) is 4.62. The smallest absolute Gasteiger partial charge is 0.265 e. The Kier molecular flexibility index (Phi) is 4.55. The Bertz CT molecular complexity index is 758. The van der Waals surface area contributed by atoms with Crippen LogP contribution >= 0.6 is 22.7 Å². The second-order valence-electron chi connectivity index (χ2n) is 4.84. The minimum absolute atomic E-state index is 0.148. The molecule has 0 bridgehead atoms. The highest BCUT2D eigenvalue weighted by molar-refractivity contribution is 7.12. The van der Waals surface area contributed by atoms with Gasteiger partial charge in [-0.15, -0.1) is 22.7 Å². The molecule has 0 saturated carbocycles. The summed E-state index contributed by atoms with van der Waals surface area (Å²) in [6.07, 6.45) is 0. The van der Waals surface area contributed by atoms with Crippen LogP contribution in [0.4, 0.5) is 11.4 Å². The lowest BCUT2D eigenvalue weighted by Gasteiger charge is -2.12. The van der Waals surface area contributed by atoms with Crippen LogP contribution in [0.1, 0.15) is 24.9 Å². The van der Waals surface area contributed by atoms with Crippen molar-refractivity contribution in [2.24, 2.45) is 0 Å². The van der Waals surface area contributed by atoms with Crippen molar-refractivity contribution in [1.29, 1.82) is 0 Å². The van der Waals surface area contributed by atoms with E-state index in [1.165, 1.54) is 22.7 Å². The highest BCUT2D eigenvalue weighted by atomic mass is 32.1. The Morgan fingerprint density at radius 3 is 1.65 bits per heavy atom. The van der Waals surface area contributed by atoms with Crippen LogP contribution in [0.5, 0.6) is 0 Å². The van der Waals surface area contributed by atoms with Crippen molar-refractivity contribution in [1.82, 2.24) is 0 Å². The standard InChI is InChI=1S/C17H14N2O2S2/c1-11-12(18-16(20)14-7-3-9-22-14)5-2-6-13(11)19-17(21)15-8-4-10-23-15/h2-10H,1H3,(H,18,20)(H,19,21). The molecule has 0 spiro atoms. The summed E-state index contributed by atoms with van der Waals surface area (Å²) < 4.78 is 0. The normalized spacial score (nSPS) is 10.3. The predicted molar refractivity (Wildman–Crippen MR) is 95.7 cm³/mol. The molecule has 23 heavy (non-hydrogen) atoms. The summed E-state index contributed by atoms with van der Waals surface area (Å²) in [5, 5.41) is 9.49. The average molecular weight is 342 g/mol. The van der Waals surface area contributed by atoms with Gasteiger partial charge >= 0.3 is 0 Å². The molecule has 0 aliphatic carbocycles. The summed E-state index contributed by atoms with van der Waals surface area (Å²) in [7, 11) is 0. The molecule has 3 rings (SSSR count). The van der Waals surface area contributed by atoms with Crippen LogP contribution < -0.4 is 10.6 Å². The van der Waals surface area contributed by atoms with E-state index in [-0.39, 0.29) is 11.8 Å². The van der Waals surface area contributed by atoms with E-state index in [0.29, 0.717) is 21.1 Å². The number of nitrogens with one attached hydrogen (secondary N) is 2. The molecule has 6 heteroatoms. The molecule has 4 nitrogen and oxygen atoms in total. The molecule has 0 radical (unpaired) electrons. The molecular formula is C17H14N2O2S2. The maximum Gasteiger partial charge on any atom is 0.265 e. The number of amides is 2. The van der Waals surface area contributed by atoms with Gasteiger partial charge in [0.15, 0.2) is 0 Å². The van der Waals surface area contributed by atoms with Crippen molar-refractivity contribution >= 4 is 45.9 Å². The van der Waals surface area contributed by atoms with Gasteiger partial charge in [-0.05, 0) is 47.5 Å². The van der Waals surface area contributed by atoms with Crippen LogP contribution in [-0.2, 0) is 0 Å². The zero-order chi connectivity index (χ0) is 16.2. The van der Waals surface area contributed by atoms with Gasteiger partial charge in [0.1, 0.15) is 0 Å². The van der Waals surface area contributed by atoms with Gasteiger partial charge in [0.25, 0.3) is 11.8 Å². The third-order valence-corrected chi connectivity index (χ3v) is 5.06. The first-order valence-corrected chi connectivity index (χ1v) is 8.70. The molecule has 1 aromatic carbocycles. The quantitative estimate of drug-likeness (QED) is 0.727. The minimum Gasteiger partial charge on any atom is -0.321 e. The zero-order valence-corrected chi connectivity index (χ0v) is 14.0. The van der Waals surface area contributed by atoms with Crippen LogP contribution in [0.15, 0.2) is 53.2 Å². The van der Waals surface area contributed by atoms with Crippen molar-refractivity contribution in [3.05, 3.63) is 68.5 Å². The molecule has 2 heterocycles. The lowest BCUT2D eigenvalue weighted by atomic mass is 10.1. The molecule has 3 aromatic rings. The molecule has 0 unspecified atom stereocenters. The fourth-order valence-corrected chi connectivity index (χ4v) is 3.33. The maximum atomic E-state index is 12.2. The van der Waals surface area contributed by atoms with E-state index in [1.54, 1.807) is 18.2 Å². The first-order chi connectivity index (χ1) is 11.1. The number of hydrogen-bond donors (Lipinski definition) is 2. The van der Waals surface area contributed by atoms with Crippen LogP contribution in [0, 0.1) is 6.92 Å². The van der Waals surface area contributed by atoms with E-state index >= 15 is 0 Å². The van der Waals surface area contributed by atoms with Crippen LogP contribution in [0.3, 0.4) is 0 Å². The monoisotopic (exact) mass is 342 g/mol. The van der Waals surface area contributed by atoms with Crippen LogP contribution in [-0.4, -0.2) is 11.8 Å². The van der Waals surface area contributed by atoms with Gasteiger partial charge in [-0.1, -0.05) is 18.2 Å². The van der Waals surface area contributed by atoms with Crippen molar-refractivity contribution in [3.63, 3.8) is 0 Å². The summed E-state index contributed by atoms with van der Waals surface area (Å²) in [5.41, 5.74) is 2.20. The van der Waals surface area contributed by atoms with Gasteiger partial charge in [-0.3, -0.25) is 9.59 Å². The molecular weight excluding hydrogens is 328 g/mol. The zero-order valence-electron chi connectivity index (χ0n) is 12.3. The van der Waals surface area contributed by atoms with E-state index in [9.17, 15) is 9.59 Å². The maximum absolute atomic E-state index is 12.2. The van der Waals surface area contributed by atoms with Crippen molar-refractivity contribution in [2.45, 2.75) is 6.92 Å². The molecule has 0 saturated heterocycles. The highest BCUT2D eigenvalue weighted by Crippen LogP contribution is 2.25. The summed E-state index contributed by atoms with van der Waals surface area (Å²) in [6.45, 7) is 1.87.